The zero-order chi connectivity index (χ0) is 23.6. The van der Waals surface area contributed by atoms with Crippen LogP contribution in [-0.4, -0.2) is 50.9 Å². The molecule has 0 bridgehead atoms. The molecule has 1 aromatic carbocycles. The number of nitrogens with zero attached hydrogens (tertiary/aromatic N) is 1. The predicted molar refractivity (Wildman–Crippen MR) is 124 cm³/mol. The zero-order valence-corrected chi connectivity index (χ0v) is 21.3. The maximum atomic E-state index is 13.9. The molecule has 0 N–H and O–H groups in total. The Morgan fingerprint density at radius 3 is 2.42 bits per heavy atom. The SMILES string of the molecule is CC(C)(C)OC(=O)N1CCC(c2ccc(F)c(C=O)c2)C(CO[Si](C)(C)C(C)(C)C)C1. The fourth-order valence-electron chi connectivity index (χ4n) is 3.55. The first-order valence-electron chi connectivity index (χ1n) is 11.0. The lowest BCUT2D eigenvalue weighted by Gasteiger charge is -2.42. The van der Waals surface area contributed by atoms with Crippen molar-refractivity contribution in [1.29, 1.82) is 0 Å². The molecule has 0 saturated carbocycles. The lowest BCUT2D eigenvalue weighted by atomic mass is 9.80. The number of hydrogen-bond acceptors (Lipinski definition) is 4. The molecule has 1 aliphatic rings. The number of aldehydes is 1. The van der Waals surface area contributed by atoms with Crippen molar-refractivity contribution in [1.82, 2.24) is 4.90 Å². The monoisotopic (exact) mass is 451 g/mol. The second-order valence-electron chi connectivity index (χ2n) is 11.1. The Hall–Kier alpha value is -1.73. The number of halogens is 1. The van der Waals surface area contributed by atoms with Gasteiger partial charge in [-0.05, 0) is 68.9 Å². The highest BCUT2D eigenvalue weighted by molar-refractivity contribution is 6.74. The predicted octanol–water partition coefficient (Wildman–Crippen LogP) is 6.00. The van der Waals surface area contributed by atoms with Crippen LogP contribution in [0.5, 0.6) is 0 Å². The van der Waals surface area contributed by atoms with E-state index in [4.69, 9.17) is 9.16 Å². The lowest BCUT2D eigenvalue weighted by molar-refractivity contribution is 0.0106. The molecule has 174 valence electrons. The van der Waals surface area contributed by atoms with E-state index in [1.165, 1.54) is 6.07 Å². The molecule has 1 saturated heterocycles. The van der Waals surface area contributed by atoms with Crippen molar-refractivity contribution in [3.8, 4) is 0 Å². The summed E-state index contributed by atoms with van der Waals surface area (Å²) < 4.78 is 26.0. The molecule has 1 amide bonds. The van der Waals surface area contributed by atoms with E-state index in [1.54, 1.807) is 17.0 Å². The highest BCUT2D eigenvalue weighted by atomic mass is 28.4. The number of likely N-dealkylation sites (tertiary alicyclic amines) is 1. The van der Waals surface area contributed by atoms with Crippen LogP contribution in [-0.2, 0) is 9.16 Å². The molecule has 0 aromatic heterocycles. The summed E-state index contributed by atoms with van der Waals surface area (Å²) in [5, 5.41) is 0.0720. The van der Waals surface area contributed by atoms with E-state index in [2.05, 4.69) is 33.9 Å². The Morgan fingerprint density at radius 1 is 1.23 bits per heavy atom. The first kappa shape index (κ1) is 25.5. The minimum Gasteiger partial charge on any atom is -0.444 e. The van der Waals surface area contributed by atoms with Gasteiger partial charge in [-0.25, -0.2) is 9.18 Å². The Morgan fingerprint density at radius 2 is 1.87 bits per heavy atom. The maximum absolute atomic E-state index is 13.9. The van der Waals surface area contributed by atoms with Crippen LogP contribution in [0.3, 0.4) is 0 Å². The van der Waals surface area contributed by atoms with Crippen molar-refractivity contribution in [3.63, 3.8) is 0 Å². The van der Waals surface area contributed by atoms with E-state index in [0.717, 1.165) is 5.56 Å². The van der Waals surface area contributed by atoms with E-state index >= 15 is 0 Å². The van der Waals surface area contributed by atoms with Gasteiger partial charge in [0.25, 0.3) is 0 Å². The maximum Gasteiger partial charge on any atom is 0.410 e. The molecular weight excluding hydrogens is 413 g/mol. The number of piperidine rings is 1. The van der Waals surface area contributed by atoms with Gasteiger partial charge in [0, 0.05) is 25.6 Å². The van der Waals surface area contributed by atoms with Crippen LogP contribution in [0.4, 0.5) is 9.18 Å². The molecule has 31 heavy (non-hydrogen) atoms. The average molecular weight is 452 g/mol. The molecule has 2 atom stereocenters. The Bertz CT molecular complexity index is 798. The second kappa shape index (κ2) is 9.41. The Labute approximate surface area is 187 Å². The molecule has 1 aliphatic heterocycles. The molecule has 2 rings (SSSR count). The molecule has 2 unspecified atom stereocenters. The molecule has 0 aliphatic carbocycles. The number of amides is 1. The second-order valence-corrected chi connectivity index (χ2v) is 15.9. The van der Waals surface area contributed by atoms with Gasteiger partial charge in [0.2, 0.25) is 0 Å². The van der Waals surface area contributed by atoms with Crippen LogP contribution in [0, 0.1) is 11.7 Å². The molecular formula is C24H38FNO4Si. The molecule has 1 aromatic rings. The van der Waals surface area contributed by atoms with Gasteiger partial charge < -0.3 is 14.1 Å². The fraction of sp³-hybridized carbons (Fsp3) is 0.667. The third kappa shape index (κ3) is 6.62. The van der Waals surface area contributed by atoms with Gasteiger partial charge in [-0.1, -0.05) is 26.8 Å². The van der Waals surface area contributed by atoms with Gasteiger partial charge in [0.05, 0.1) is 5.56 Å². The van der Waals surface area contributed by atoms with Crippen LogP contribution >= 0.6 is 0 Å². The van der Waals surface area contributed by atoms with Crippen molar-refractivity contribution in [2.24, 2.45) is 5.92 Å². The normalized spacial score (nSPS) is 20.5. The summed E-state index contributed by atoms with van der Waals surface area (Å²) in [5.74, 6) is -0.415. The molecule has 1 fully saturated rings. The summed E-state index contributed by atoms with van der Waals surface area (Å²) in [6.07, 6.45) is 0.931. The molecule has 1 heterocycles. The summed E-state index contributed by atoms with van der Waals surface area (Å²) in [5.41, 5.74) is 0.420. The van der Waals surface area contributed by atoms with E-state index in [0.29, 0.717) is 32.4 Å². The first-order valence-corrected chi connectivity index (χ1v) is 13.9. The number of ether oxygens (including phenoxy) is 1. The van der Waals surface area contributed by atoms with Gasteiger partial charge in [-0.15, -0.1) is 0 Å². The van der Waals surface area contributed by atoms with Crippen LogP contribution in [0.2, 0.25) is 18.1 Å². The summed E-state index contributed by atoms with van der Waals surface area (Å²) >= 11 is 0. The minimum atomic E-state index is -1.98. The fourth-order valence-corrected chi connectivity index (χ4v) is 4.61. The topological polar surface area (TPSA) is 55.8 Å². The number of carbonyl (C=O) groups is 2. The van der Waals surface area contributed by atoms with Crippen molar-refractivity contribution in [2.45, 2.75) is 77.6 Å². The quantitative estimate of drug-likeness (QED) is 0.407. The molecule has 0 radical (unpaired) electrons. The highest BCUT2D eigenvalue weighted by Crippen LogP contribution is 2.39. The largest absolute Gasteiger partial charge is 0.444 e. The molecule has 7 heteroatoms. The summed E-state index contributed by atoms with van der Waals surface area (Å²) in [7, 11) is -1.98. The van der Waals surface area contributed by atoms with Crippen LogP contribution in [0.15, 0.2) is 18.2 Å². The number of hydrogen-bond donors (Lipinski definition) is 0. The number of benzene rings is 1. The summed E-state index contributed by atoms with van der Waals surface area (Å²) in [6.45, 7) is 18.1. The van der Waals surface area contributed by atoms with E-state index in [1.807, 2.05) is 20.8 Å². The van der Waals surface area contributed by atoms with Gasteiger partial charge in [0.15, 0.2) is 14.6 Å². The van der Waals surface area contributed by atoms with Gasteiger partial charge >= 0.3 is 6.09 Å². The van der Waals surface area contributed by atoms with Crippen molar-refractivity contribution in [3.05, 3.63) is 35.1 Å². The van der Waals surface area contributed by atoms with Gasteiger partial charge in [-0.3, -0.25) is 4.79 Å². The Balaban J connectivity index is 2.27. The molecule has 5 nitrogen and oxygen atoms in total. The average Bonchev–Trinajstić information content (AvgIpc) is 2.64. The highest BCUT2D eigenvalue weighted by Gasteiger charge is 2.40. The van der Waals surface area contributed by atoms with Crippen molar-refractivity contribution in [2.75, 3.05) is 19.7 Å². The zero-order valence-electron chi connectivity index (χ0n) is 20.3. The third-order valence-electron chi connectivity index (χ3n) is 6.43. The van der Waals surface area contributed by atoms with Crippen molar-refractivity contribution >= 4 is 20.7 Å². The van der Waals surface area contributed by atoms with E-state index < -0.39 is 19.7 Å². The van der Waals surface area contributed by atoms with E-state index in [9.17, 15) is 14.0 Å². The Kier molecular flexibility index (Phi) is 7.75. The third-order valence-corrected chi connectivity index (χ3v) is 10.9. The van der Waals surface area contributed by atoms with Gasteiger partial charge in [0.1, 0.15) is 11.4 Å². The van der Waals surface area contributed by atoms with Crippen LogP contribution in [0.1, 0.15) is 69.8 Å². The first-order chi connectivity index (χ1) is 14.1. The lowest BCUT2D eigenvalue weighted by Crippen LogP contribution is -2.48. The standard InChI is InChI=1S/C24H38FNO4Si/c1-23(2,3)30-22(28)26-12-11-20(17-9-10-21(25)18(13-17)15-27)19(14-26)16-29-31(7,8)24(4,5)6/h9-10,13,15,19-20H,11-12,14,16H2,1-8H3. The minimum absolute atomic E-state index is 0.0281. The van der Waals surface area contributed by atoms with Crippen molar-refractivity contribution < 1.29 is 23.1 Å². The summed E-state index contributed by atoms with van der Waals surface area (Å²) in [4.78, 5) is 25.7. The summed E-state index contributed by atoms with van der Waals surface area (Å²) in [6, 6.07) is 4.73. The molecule has 0 spiro atoms. The van der Waals surface area contributed by atoms with Gasteiger partial charge in [-0.2, -0.15) is 0 Å². The van der Waals surface area contributed by atoms with Crippen LogP contribution in [0.25, 0.3) is 0 Å². The van der Waals surface area contributed by atoms with Crippen LogP contribution < -0.4 is 0 Å². The number of carbonyl (C=O) groups excluding carboxylic acids is 2. The smallest absolute Gasteiger partial charge is 0.410 e. The number of rotatable bonds is 5. The van der Waals surface area contributed by atoms with E-state index in [-0.39, 0.29) is 28.5 Å².